The molecule has 2 heterocycles. The molecule has 1 radical (unpaired) electrons. The van der Waals surface area contributed by atoms with Crippen molar-refractivity contribution >= 4 is 38.9 Å². The fourth-order valence-electron chi connectivity index (χ4n) is 5.24. The number of ether oxygens (including phenoxy) is 1. The van der Waals surface area contributed by atoms with Gasteiger partial charge < -0.3 is 9.64 Å². The SMILES string of the molecule is C[N]C1CCC(N(Cc2cc(-c3ccc(C)nc3)ccc2OC)C(=O)c2sc3cccc(F)c3c2Cl)CC1. The van der Waals surface area contributed by atoms with Crippen molar-refractivity contribution in [1.82, 2.24) is 15.2 Å². The van der Waals surface area contributed by atoms with Crippen molar-refractivity contribution < 1.29 is 13.9 Å². The Balaban J connectivity index is 1.54. The number of pyridine rings is 1. The van der Waals surface area contributed by atoms with Gasteiger partial charge in [0.25, 0.3) is 5.91 Å². The van der Waals surface area contributed by atoms with Crippen LogP contribution in [0.2, 0.25) is 5.02 Å². The second-order valence-corrected chi connectivity index (χ2v) is 11.2. The summed E-state index contributed by atoms with van der Waals surface area (Å²) in [6.45, 7) is 2.30. The third-order valence-electron chi connectivity index (χ3n) is 7.40. The van der Waals surface area contributed by atoms with Gasteiger partial charge >= 0.3 is 0 Å². The van der Waals surface area contributed by atoms with Crippen molar-refractivity contribution in [3.63, 3.8) is 0 Å². The molecule has 5 rings (SSSR count). The van der Waals surface area contributed by atoms with Gasteiger partial charge in [0.2, 0.25) is 0 Å². The van der Waals surface area contributed by atoms with E-state index in [0.717, 1.165) is 48.1 Å². The molecule has 1 aliphatic rings. The number of thiophene rings is 1. The lowest BCUT2D eigenvalue weighted by molar-refractivity contribution is 0.0604. The molecule has 0 saturated heterocycles. The van der Waals surface area contributed by atoms with Gasteiger partial charge in [0, 0.05) is 58.8 Å². The van der Waals surface area contributed by atoms with E-state index >= 15 is 0 Å². The third-order valence-corrected chi connectivity index (χ3v) is 9.03. The van der Waals surface area contributed by atoms with Crippen LogP contribution in [0, 0.1) is 12.7 Å². The average Bonchev–Trinajstić information content (AvgIpc) is 3.29. The Morgan fingerprint density at radius 2 is 1.92 bits per heavy atom. The Labute approximate surface area is 231 Å². The number of hydrogen-bond donors (Lipinski definition) is 0. The first kappa shape index (κ1) is 26.6. The molecule has 1 amide bonds. The fourth-order valence-corrected chi connectivity index (χ4v) is 6.75. The van der Waals surface area contributed by atoms with Crippen LogP contribution in [0.1, 0.15) is 46.6 Å². The molecular formula is C30H30ClFN3O2S. The summed E-state index contributed by atoms with van der Waals surface area (Å²) in [6.07, 6.45) is 5.38. The molecule has 0 N–H and O–H groups in total. The highest BCUT2D eigenvalue weighted by molar-refractivity contribution is 7.21. The van der Waals surface area contributed by atoms with Gasteiger partial charge in [-0.05, 0) is 68.5 Å². The van der Waals surface area contributed by atoms with Crippen molar-refractivity contribution in [3.8, 4) is 16.9 Å². The number of benzene rings is 2. The van der Waals surface area contributed by atoms with Crippen LogP contribution in [0.4, 0.5) is 4.39 Å². The van der Waals surface area contributed by atoms with E-state index in [4.69, 9.17) is 16.3 Å². The van der Waals surface area contributed by atoms with Crippen LogP contribution in [0.5, 0.6) is 5.75 Å². The number of methoxy groups -OCH3 is 1. The minimum absolute atomic E-state index is 0.0148. The second-order valence-electron chi connectivity index (χ2n) is 9.73. The molecule has 2 aromatic carbocycles. The minimum Gasteiger partial charge on any atom is -0.496 e. The summed E-state index contributed by atoms with van der Waals surface area (Å²) in [4.78, 5) is 20.8. The highest BCUT2D eigenvalue weighted by Gasteiger charge is 2.32. The molecular weight excluding hydrogens is 521 g/mol. The largest absolute Gasteiger partial charge is 0.496 e. The third kappa shape index (κ3) is 5.28. The normalized spacial score (nSPS) is 17.5. The maximum atomic E-state index is 14.6. The van der Waals surface area contributed by atoms with Gasteiger partial charge in [-0.25, -0.2) is 9.71 Å². The van der Waals surface area contributed by atoms with Crippen LogP contribution < -0.4 is 10.1 Å². The highest BCUT2D eigenvalue weighted by atomic mass is 35.5. The molecule has 0 aliphatic heterocycles. The van der Waals surface area contributed by atoms with Crippen molar-refractivity contribution in [3.05, 3.63) is 81.7 Å². The zero-order valence-corrected chi connectivity index (χ0v) is 23.3. The van der Waals surface area contributed by atoms with Crippen molar-refractivity contribution in [1.29, 1.82) is 0 Å². The lowest BCUT2D eigenvalue weighted by Crippen LogP contribution is -2.43. The van der Waals surface area contributed by atoms with E-state index in [2.05, 4.69) is 16.4 Å². The molecule has 38 heavy (non-hydrogen) atoms. The predicted octanol–water partition coefficient (Wildman–Crippen LogP) is 7.26. The Morgan fingerprint density at radius 3 is 2.58 bits per heavy atom. The molecule has 0 atom stereocenters. The van der Waals surface area contributed by atoms with Crippen LogP contribution in [0.25, 0.3) is 21.2 Å². The van der Waals surface area contributed by atoms with E-state index < -0.39 is 5.82 Å². The summed E-state index contributed by atoms with van der Waals surface area (Å²) in [7, 11) is 3.49. The average molecular weight is 551 g/mol. The second kappa shape index (κ2) is 11.4. The van der Waals surface area contributed by atoms with Crippen LogP contribution in [-0.2, 0) is 6.54 Å². The number of fused-ring (bicyclic) bond motifs is 1. The number of halogens is 2. The van der Waals surface area contributed by atoms with Crippen LogP contribution in [-0.4, -0.2) is 42.0 Å². The zero-order valence-electron chi connectivity index (χ0n) is 21.7. The smallest absolute Gasteiger partial charge is 0.266 e. The summed E-state index contributed by atoms with van der Waals surface area (Å²) in [5.74, 6) is 0.106. The molecule has 4 aromatic rings. The zero-order chi connectivity index (χ0) is 26.8. The Hall–Kier alpha value is -3.00. The summed E-state index contributed by atoms with van der Waals surface area (Å²) < 4.78 is 21.0. The number of carbonyl (C=O) groups is 1. The maximum absolute atomic E-state index is 14.6. The van der Waals surface area contributed by atoms with Gasteiger partial charge in [-0.3, -0.25) is 9.78 Å². The van der Waals surface area contributed by atoms with Crippen molar-refractivity contribution in [2.45, 2.75) is 51.2 Å². The van der Waals surface area contributed by atoms with E-state index in [1.54, 1.807) is 19.2 Å². The number of rotatable bonds is 7. The summed E-state index contributed by atoms with van der Waals surface area (Å²) in [5, 5.41) is 4.96. The van der Waals surface area contributed by atoms with E-state index in [0.29, 0.717) is 33.3 Å². The molecule has 1 saturated carbocycles. The quantitative estimate of drug-likeness (QED) is 0.243. The summed E-state index contributed by atoms with van der Waals surface area (Å²) >= 11 is 7.89. The maximum Gasteiger partial charge on any atom is 0.266 e. The van der Waals surface area contributed by atoms with Crippen LogP contribution >= 0.6 is 22.9 Å². The van der Waals surface area contributed by atoms with Crippen LogP contribution in [0.15, 0.2) is 54.7 Å². The van der Waals surface area contributed by atoms with Gasteiger partial charge in [-0.2, -0.15) is 0 Å². The first-order chi connectivity index (χ1) is 18.4. The molecule has 1 fully saturated rings. The molecule has 5 nitrogen and oxygen atoms in total. The number of nitrogens with zero attached hydrogens (tertiary/aromatic N) is 3. The van der Waals surface area contributed by atoms with Gasteiger partial charge in [0.15, 0.2) is 0 Å². The molecule has 0 bridgehead atoms. The number of aryl methyl sites for hydroxylation is 1. The molecule has 2 aromatic heterocycles. The van der Waals surface area contributed by atoms with Gasteiger partial charge in [-0.1, -0.05) is 29.8 Å². The molecule has 8 heteroatoms. The number of carbonyl (C=O) groups excluding carboxylic acids is 1. The molecule has 0 unspecified atom stereocenters. The Bertz CT molecular complexity index is 1450. The topological polar surface area (TPSA) is 56.5 Å². The summed E-state index contributed by atoms with van der Waals surface area (Å²) in [6, 6.07) is 15.2. The first-order valence-corrected chi connectivity index (χ1v) is 14.0. The molecule has 0 spiro atoms. The van der Waals surface area contributed by atoms with E-state index in [1.807, 2.05) is 49.3 Å². The number of amides is 1. The molecule has 1 aliphatic carbocycles. The minimum atomic E-state index is -0.416. The number of aromatic nitrogens is 1. The van der Waals surface area contributed by atoms with Gasteiger partial charge in [0.1, 0.15) is 16.4 Å². The van der Waals surface area contributed by atoms with Gasteiger partial charge in [0.05, 0.1) is 12.1 Å². The van der Waals surface area contributed by atoms with Gasteiger partial charge in [-0.15, -0.1) is 11.3 Å². The predicted molar refractivity (Wildman–Crippen MR) is 152 cm³/mol. The highest BCUT2D eigenvalue weighted by Crippen LogP contribution is 2.39. The lowest BCUT2D eigenvalue weighted by Gasteiger charge is -2.37. The fraction of sp³-hybridized carbons (Fsp3) is 0.333. The Kier molecular flexibility index (Phi) is 7.98. The standard InChI is InChI=1S/C30H30ClFN3O2S/c1-18-7-8-20(16-34-18)19-9-14-25(37-3)21(15-19)17-35(23-12-10-22(33-2)11-13-23)30(36)29-28(31)27-24(32)5-4-6-26(27)38-29/h4-9,14-16,22-23H,10-13,17H2,1-3H3. The monoisotopic (exact) mass is 550 g/mol. The van der Waals surface area contributed by atoms with Crippen molar-refractivity contribution in [2.75, 3.05) is 14.2 Å². The van der Waals surface area contributed by atoms with Crippen LogP contribution in [0.3, 0.4) is 0 Å². The Morgan fingerprint density at radius 1 is 1.16 bits per heavy atom. The van der Waals surface area contributed by atoms with E-state index in [1.165, 1.54) is 17.4 Å². The molecule has 197 valence electrons. The lowest BCUT2D eigenvalue weighted by atomic mass is 9.89. The number of hydrogen-bond acceptors (Lipinski definition) is 4. The summed E-state index contributed by atoms with van der Waals surface area (Å²) in [5.41, 5.74) is 3.83. The van der Waals surface area contributed by atoms with E-state index in [-0.39, 0.29) is 17.0 Å². The first-order valence-electron chi connectivity index (χ1n) is 12.8. The van der Waals surface area contributed by atoms with E-state index in [9.17, 15) is 9.18 Å². The van der Waals surface area contributed by atoms with Crippen molar-refractivity contribution in [2.24, 2.45) is 0 Å².